The molecule has 0 aromatic heterocycles. The first-order chi connectivity index (χ1) is 9.75. The Kier molecular flexibility index (Phi) is 4.03. The molecule has 2 unspecified atom stereocenters. The molecule has 0 spiro atoms. The number of rotatable bonds is 4. The Bertz CT molecular complexity index is 456. The van der Waals surface area contributed by atoms with Crippen LogP contribution in [0.25, 0.3) is 0 Å². The molecular weight excluding hydrogens is 250 g/mol. The third kappa shape index (κ3) is 2.72. The van der Waals surface area contributed by atoms with Gasteiger partial charge in [-0.3, -0.25) is 15.0 Å². The second-order valence-corrected chi connectivity index (χ2v) is 5.86. The summed E-state index contributed by atoms with van der Waals surface area (Å²) in [5.41, 5.74) is 1.06. The Labute approximate surface area is 120 Å². The van der Waals surface area contributed by atoms with E-state index in [9.17, 15) is 4.79 Å². The van der Waals surface area contributed by atoms with Gasteiger partial charge >= 0.3 is 0 Å². The molecule has 2 fully saturated rings. The number of likely N-dealkylation sites (tertiary alicyclic amines) is 1. The van der Waals surface area contributed by atoms with Gasteiger partial charge in [0.25, 0.3) is 0 Å². The van der Waals surface area contributed by atoms with Crippen LogP contribution in [0.3, 0.4) is 0 Å². The highest BCUT2D eigenvalue weighted by Gasteiger charge is 2.33. The van der Waals surface area contributed by atoms with Crippen molar-refractivity contribution in [3.05, 3.63) is 35.9 Å². The maximum absolute atomic E-state index is 12.5. The Balaban J connectivity index is 1.61. The normalized spacial score (nSPS) is 25.4. The summed E-state index contributed by atoms with van der Waals surface area (Å²) in [6, 6.07) is 10.3. The third-order valence-corrected chi connectivity index (χ3v) is 4.43. The van der Waals surface area contributed by atoms with Crippen LogP contribution in [0.4, 0.5) is 0 Å². The van der Waals surface area contributed by atoms with Crippen molar-refractivity contribution in [2.45, 2.75) is 31.8 Å². The minimum absolute atomic E-state index is 0.165. The second-order valence-electron chi connectivity index (χ2n) is 5.86. The topological polar surface area (TPSA) is 35.6 Å². The fraction of sp³-hybridized carbons (Fsp3) is 0.562. The summed E-state index contributed by atoms with van der Waals surface area (Å²) in [6.07, 6.45) is 2.59. The van der Waals surface area contributed by atoms with Crippen molar-refractivity contribution in [3.63, 3.8) is 0 Å². The number of nitrogens with one attached hydrogen (secondary N) is 1. The lowest BCUT2D eigenvalue weighted by atomic mass is 10.1. The van der Waals surface area contributed by atoms with E-state index in [-0.39, 0.29) is 11.9 Å². The van der Waals surface area contributed by atoms with Crippen molar-refractivity contribution < 1.29 is 4.79 Å². The first-order valence-electron chi connectivity index (χ1n) is 7.57. The molecule has 1 aromatic rings. The number of benzene rings is 1. The molecule has 1 amide bonds. The van der Waals surface area contributed by atoms with E-state index in [1.165, 1.54) is 25.9 Å². The van der Waals surface area contributed by atoms with Gasteiger partial charge in [-0.05, 0) is 38.4 Å². The Hall–Kier alpha value is -1.39. The van der Waals surface area contributed by atoms with Crippen molar-refractivity contribution in [2.24, 2.45) is 0 Å². The average molecular weight is 273 g/mol. The van der Waals surface area contributed by atoms with Gasteiger partial charge in [0.15, 0.2) is 0 Å². The fourth-order valence-electron chi connectivity index (χ4n) is 3.23. The lowest BCUT2D eigenvalue weighted by Gasteiger charge is -2.28. The zero-order valence-corrected chi connectivity index (χ0v) is 12.1. The van der Waals surface area contributed by atoms with Gasteiger partial charge < -0.3 is 4.90 Å². The molecule has 1 aromatic carbocycles. The van der Waals surface area contributed by atoms with Gasteiger partial charge in [0, 0.05) is 12.6 Å². The van der Waals surface area contributed by atoms with Crippen molar-refractivity contribution in [2.75, 3.05) is 26.3 Å². The second kappa shape index (κ2) is 5.94. The molecule has 0 saturated carbocycles. The standard InChI is InChI=1S/C16H23N3O/c1-13(18-9-5-6-10-18)11-19-12-17-15(16(19)20)14-7-3-2-4-8-14/h2-4,7-8,13,15,17H,5-6,9-12H2,1H3. The molecule has 20 heavy (non-hydrogen) atoms. The number of hydrogen-bond acceptors (Lipinski definition) is 3. The van der Waals surface area contributed by atoms with Crippen molar-refractivity contribution in [1.82, 2.24) is 15.1 Å². The molecule has 2 heterocycles. The minimum atomic E-state index is -0.165. The highest BCUT2D eigenvalue weighted by molar-refractivity contribution is 5.85. The average Bonchev–Trinajstić information content (AvgIpc) is 3.11. The number of nitrogens with zero attached hydrogens (tertiary/aromatic N) is 2. The van der Waals surface area contributed by atoms with Gasteiger partial charge in [-0.15, -0.1) is 0 Å². The summed E-state index contributed by atoms with van der Waals surface area (Å²) >= 11 is 0. The van der Waals surface area contributed by atoms with E-state index >= 15 is 0 Å². The van der Waals surface area contributed by atoms with Gasteiger partial charge in [0.1, 0.15) is 6.04 Å². The van der Waals surface area contributed by atoms with Crippen molar-refractivity contribution >= 4 is 5.91 Å². The van der Waals surface area contributed by atoms with E-state index in [0.717, 1.165) is 12.1 Å². The van der Waals surface area contributed by atoms with Crippen LogP contribution in [-0.4, -0.2) is 48.1 Å². The first kappa shape index (κ1) is 13.6. The zero-order valence-electron chi connectivity index (χ0n) is 12.1. The van der Waals surface area contributed by atoms with E-state index in [1.807, 2.05) is 35.2 Å². The van der Waals surface area contributed by atoms with Crippen LogP contribution in [0, 0.1) is 0 Å². The van der Waals surface area contributed by atoms with E-state index in [0.29, 0.717) is 12.7 Å². The Morgan fingerprint density at radius 3 is 2.65 bits per heavy atom. The highest BCUT2D eigenvalue weighted by Crippen LogP contribution is 2.21. The van der Waals surface area contributed by atoms with Gasteiger partial charge in [-0.2, -0.15) is 0 Å². The molecule has 0 bridgehead atoms. The lowest BCUT2D eigenvalue weighted by molar-refractivity contribution is -0.129. The molecule has 0 radical (unpaired) electrons. The summed E-state index contributed by atoms with van der Waals surface area (Å²) in [5.74, 6) is 0.210. The van der Waals surface area contributed by atoms with Crippen LogP contribution in [0.15, 0.2) is 30.3 Å². The van der Waals surface area contributed by atoms with E-state index in [1.54, 1.807) is 0 Å². The van der Waals surface area contributed by atoms with E-state index in [2.05, 4.69) is 17.1 Å². The van der Waals surface area contributed by atoms with Crippen LogP contribution in [0.1, 0.15) is 31.4 Å². The largest absolute Gasteiger partial charge is 0.327 e. The number of carbonyl (C=O) groups is 1. The SMILES string of the molecule is CC(CN1CNC(c2ccccc2)C1=O)N1CCCC1. The predicted octanol–water partition coefficient (Wildman–Crippen LogP) is 1.60. The van der Waals surface area contributed by atoms with Gasteiger partial charge in [-0.25, -0.2) is 0 Å². The van der Waals surface area contributed by atoms with Gasteiger partial charge in [0.2, 0.25) is 5.91 Å². The zero-order chi connectivity index (χ0) is 13.9. The molecule has 4 nitrogen and oxygen atoms in total. The highest BCUT2D eigenvalue weighted by atomic mass is 16.2. The molecule has 2 atom stereocenters. The summed E-state index contributed by atoms with van der Waals surface area (Å²) in [5, 5.41) is 3.33. The van der Waals surface area contributed by atoms with Crippen molar-refractivity contribution in [1.29, 1.82) is 0 Å². The quantitative estimate of drug-likeness (QED) is 0.905. The molecule has 4 heteroatoms. The van der Waals surface area contributed by atoms with Crippen LogP contribution in [-0.2, 0) is 4.79 Å². The fourth-order valence-corrected chi connectivity index (χ4v) is 3.23. The number of hydrogen-bond donors (Lipinski definition) is 1. The van der Waals surface area contributed by atoms with Crippen LogP contribution < -0.4 is 5.32 Å². The number of amides is 1. The summed E-state index contributed by atoms with van der Waals surface area (Å²) in [4.78, 5) is 16.9. The van der Waals surface area contributed by atoms with Crippen molar-refractivity contribution in [3.8, 4) is 0 Å². The molecule has 3 rings (SSSR count). The summed E-state index contributed by atoms with van der Waals surface area (Å²) < 4.78 is 0. The Morgan fingerprint density at radius 2 is 1.95 bits per heavy atom. The third-order valence-electron chi connectivity index (χ3n) is 4.43. The molecular formula is C16H23N3O. The smallest absolute Gasteiger partial charge is 0.245 e. The molecule has 0 aliphatic carbocycles. The predicted molar refractivity (Wildman–Crippen MR) is 79.2 cm³/mol. The van der Waals surface area contributed by atoms with E-state index in [4.69, 9.17) is 0 Å². The maximum atomic E-state index is 12.5. The number of carbonyl (C=O) groups excluding carboxylic acids is 1. The minimum Gasteiger partial charge on any atom is -0.327 e. The molecule has 2 aliphatic rings. The van der Waals surface area contributed by atoms with Gasteiger partial charge in [0.05, 0.1) is 6.67 Å². The molecule has 2 aliphatic heterocycles. The maximum Gasteiger partial charge on any atom is 0.245 e. The van der Waals surface area contributed by atoms with Gasteiger partial charge in [-0.1, -0.05) is 30.3 Å². The first-order valence-corrected chi connectivity index (χ1v) is 7.57. The molecule has 2 saturated heterocycles. The molecule has 1 N–H and O–H groups in total. The molecule has 108 valence electrons. The summed E-state index contributed by atoms with van der Waals surface area (Å²) in [7, 11) is 0. The van der Waals surface area contributed by atoms with Crippen LogP contribution in [0.5, 0.6) is 0 Å². The Morgan fingerprint density at radius 1 is 1.25 bits per heavy atom. The summed E-state index contributed by atoms with van der Waals surface area (Å²) in [6.45, 7) is 6.08. The van der Waals surface area contributed by atoms with E-state index < -0.39 is 0 Å². The lowest BCUT2D eigenvalue weighted by Crippen LogP contribution is -2.42. The van der Waals surface area contributed by atoms with Crippen LogP contribution in [0.2, 0.25) is 0 Å². The van der Waals surface area contributed by atoms with Crippen LogP contribution >= 0.6 is 0 Å². The monoisotopic (exact) mass is 273 g/mol.